The summed E-state index contributed by atoms with van der Waals surface area (Å²) in [6.45, 7) is 3.01. The molecule has 1 aromatic heterocycles. The molecule has 0 saturated carbocycles. The van der Waals surface area contributed by atoms with E-state index in [1.807, 2.05) is 0 Å². The Hall–Kier alpha value is -1.68. The van der Waals surface area contributed by atoms with Crippen molar-refractivity contribution >= 4 is 21.9 Å². The number of hydrogen-bond donors (Lipinski definition) is 2. The van der Waals surface area contributed by atoms with Crippen LogP contribution in [0.2, 0.25) is 0 Å². The van der Waals surface area contributed by atoms with Crippen LogP contribution < -0.4 is 11.1 Å². The van der Waals surface area contributed by atoms with Crippen LogP contribution in [0.5, 0.6) is 0 Å². The zero-order valence-electron chi connectivity index (χ0n) is 11.6. The summed E-state index contributed by atoms with van der Waals surface area (Å²) >= 11 is 0. The number of carbonyl (C=O) groups excluding carboxylic acids is 1. The molecule has 20 heavy (non-hydrogen) atoms. The molecular formula is C10H20N6O3S. The third-order valence-electron chi connectivity index (χ3n) is 2.59. The second-order valence-electron chi connectivity index (χ2n) is 4.26. The van der Waals surface area contributed by atoms with Gasteiger partial charge in [0.2, 0.25) is 21.9 Å². The van der Waals surface area contributed by atoms with Crippen molar-refractivity contribution in [2.45, 2.75) is 19.9 Å². The lowest BCUT2D eigenvalue weighted by Gasteiger charge is -2.17. The van der Waals surface area contributed by atoms with Gasteiger partial charge in [-0.25, -0.2) is 22.4 Å². The Balaban J connectivity index is 2.25. The fourth-order valence-electron chi connectivity index (χ4n) is 1.63. The predicted octanol–water partition coefficient (Wildman–Crippen LogP) is -1.35. The Morgan fingerprint density at radius 1 is 1.55 bits per heavy atom. The second-order valence-corrected chi connectivity index (χ2v) is 6.24. The molecule has 10 heteroatoms. The molecule has 0 radical (unpaired) electrons. The largest absolute Gasteiger partial charge is 0.367 e. The fourth-order valence-corrected chi connectivity index (χ4v) is 2.56. The average Bonchev–Trinajstić information content (AvgIpc) is 2.73. The van der Waals surface area contributed by atoms with Crippen LogP contribution in [0.3, 0.4) is 0 Å². The van der Waals surface area contributed by atoms with Crippen LogP contribution in [0.15, 0.2) is 6.33 Å². The number of nitrogens with one attached hydrogen (secondary N) is 1. The summed E-state index contributed by atoms with van der Waals surface area (Å²) in [4.78, 5) is 15.3. The summed E-state index contributed by atoms with van der Waals surface area (Å²) in [6.07, 6.45) is 3.09. The van der Waals surface area contributed by atoms with Gasteiger partial charge in [0.15, 0.2) is 0 Å². The average molecular weight is 304 g/mol. The van der Waals surface area contributed by atoms with Crippen LogP contribution in [0.25, 0.3) is 0 Å². The van der Waals surface area contributed by atoms with Gasteiger partial charge in [-0.3, -0.25) is 4.79 Å². The molecule has 0 spiro atoms. The summed E-state index contributed by atoms with van der Waals surface area (Å²) in [5.74, 6) is -0.109. The van der Waals surface area contributed by atoms with Gasteiger partial charge in [-0.2, -0.15) is 0 Å². The van der Waals surface area contributed by atoms with Crippen molar-refractivity contribution in [2.75, 3.05) is 31.6 Å². The maximum absolute atomic E-state index is 11.6. The van der Waals surface area contributed by atoms with E-state index in [1.165, 1.54) is 21.6 Å². The molecule has 0 saturated heterocycles. The number of aromatic nitrogens is 3. The zero-order valence-corrected chi connectivity index (χ0v) is 12.4. The van der Waals surface area contributed by atoms with Gasteiger partial charge in [0, 0.05) is 19.6 Å². The minimum atomic E-state index is -3.18. The summed E-state index contributed by atoms with van der Waals surface area (Å²) in [5.41, 5.74) is 5.33. The Labute approximate surface area is 118 Å². The molecule has 0 aliphatic rings. The van der Waals surface area contributed by atoms with Crippen LogP contribution in [-0.2, 0) is 21.4 Å². The van der Waals surface area contributed by atoms with Gasteiger partial charge in [0.25, 0.3) is 0 Å². The molecule has 9 nitrogen and oxygen atoms in total. The highest BCUT2D eigenvalue weighted by atomic mass is 32.2. The zero-order chi connectivity index (χ0) is 15.2. The van der Waals surface area contributed by atoms with E-state index in [9.17, 15) is 13.2 Å². The number of nitrogens with zero attached hydrogens (tertiary/aromatic N) is 4. The number of hydrogen-bond acceptors (Lipinski definition) is 6. The molecule has 0 aromatic carbocycles. The molecule has 0 aliphatic carbocycles. The minimum Gasteiger partial charge on any atom is -0.367 e. The maximum atomic E-state index is 11.6. The Bertz CT molecular complexity index is 541. The fraction of sp³-hybridized carbons (Fsp3) is 0.700. The molecule has 1 heterocycles. The summed E-state index contributed by atoms with van der Waals surface area (Å²) in [5, 5.41) is 6.47. The normalized spacial score (nSPS) is 11.8. The van der Waals surface area contributed by atoms with E-state index in [0.29, 0.717) is 26.1 Å². The minimum absolute atomic E-state index is 0.0355. The molecule has 0 atom stereocenters. The monoisotopic (exact) mass is 304 g/mol. The standard InChI is InChI=1S/C10H20N6O3S/c1-3-16(20(2,18)19)6-4-5-12-9(17)7-15-8-13-10(11)14-15/h8H,3-7H2,1-2H3,(H2,11,14)(H,12,17). The van der Waals surface area contributed by atoms with Crippen molar-refractivity contribution in [1.29, 1.82) is 0 Å². The first-order valence-electron chi connectivity index (χ1n) is 6.19. The first-order chi connectivity index (χ1) is 9.32. The van der Waals surface area contributed by atoms with Gasteiger partial charge >= 0.3 is 0 Å². The van der Waals surface area contributed by atoms with Gasteiger partial charge in [-0.05, 0) is 6.42 Å². The molecule has 3 N–H and O–H groups in total. The molecule has 1 aromatic rings. The number of sulfonamides is 1. The van der Waals surface area contributed by atoms with Crippen molar-refractivity contribution in [3.63, 3.8) is 0 Å². The Kier molecular flexibility index (Phi) is 5.89. The summed E-state index contributed by atoms with van der Waals surface area (Å²) < 4.78 is 25.4. The van der Waals surface area contributed by atoms with Crippen LogP contribution in [0, 0.1) is 0 Å². The summed E-state index contributed by atoms with van der Waals surface area (Å²) in [6, 6.07) is 0. The molecule has 0 bridgehead atoms. The van der Waals surface area contributed by atoms with Crippen LogP contribution >= 0.6 is 0 Å². The number of nitrogen functional groups attached to an aromatic ring is 1. The smallest absolute Gasteiger partial charge is 0.241 e. The summed E-state index contributed by atoms with van der Waals surface area (Å²) in [7, 11) is -3.18. The van der Waals surface area contributed by atoms with E-state index in [1.54, 1.807) is 6.92 Å². The van der Waals surface area contributed by atoms with Crippen molar-refractivity contribution in [1.82, 2.24) is 24.4 Å². The number of carbonyl (C=O) groups is 1. The van der Waals surface area contributed by atoms with E-state index in [0.717, 1.165) is 0 Å². The Morgan fingerprint density at radius 2 is 2.25 bits per heavy atom. The molecule has 0 aliphatic heterocycles. The second kappa shape index (κ2) is 7.20. The molecule has 1 rings (SSSR count). The lowest BCUT2D eigenvalue weighted by atomic mass is 10.4. The number of nitrogens with two attached hydrogens (primary N) is 1. The van der Waals surface area contributed by atoms with E-state index in [-0.39, 0.29) is 18.4 Å². The van der Waals surface area contributed by atoms with Gasteiger partial charge in [0.05, 0.1) is 6.26 Å². The number of rotatable bonds is 8. The molecular weight excluding hydrogens is 284 g/mol. The van der Waals surface area contributed by atoms with Crippen molar-refractivity contribution in [2.24, 2.45) is 0 Å². The van der Waals surface area contributed by atoms with Gasteiger partial charge in [-0.1, -0.05) is 6.92 Å². The third kappa shape index (κ3) is 5.53. The van der Waals surface area contributed by atoms with Gasteiger partial charge in [0.1, 0.15) is 12.9 Å². The van der Waals surface area contributed by atoms with Crippen molar-refractivity contribution < 1.29 is 13.2 Å². The predicted molar refractivity (Wildman–Crippen MR) is 74.2 cm³/mol. The van der Waals surface area contributed by atoms with E-state index in [2.05, 4.69) is 15.4 Å². The van der Waals surface area contributed by atoms with Gasteiger partial charge < -0.3 is 11.1 Å². The van der Waals surface area contributed by atoms with Crippen LogP contribution in [0.1, 0.15) is 13.3 Å². The van der Waals surface area contributed by atoms with Gasteiger partial charge in [-0.15, -0.1) is 5.10 Å². The van der Waals surface area contributed by atoms with Crippen molar-refractivity contribution in [3.05, 3.63) is 6.33 Å². The molecule has 0 fully saturated rings. The Morgan fingerprint density at radius 3 is 2.75 bits per heavy atom. The highest BCUT2D eigenvalue weighted by Crippen LogP contribution is 1.98. The molecule has 1 amide bonds. The third-order valence-corrected chi connectivity index (χ3v) is 3.97. The lowest BCUT2D eigenvalue weighted by Crippen LogP contribution is -2.34. The van der Waals surface area contributed by atoms with Crippen LogP contribution in [0.4, 0.5) is 5.95 Å². The molecule has 0 unspecified atom stereocenters. The highest BCUT2D eigenvalue weighted by Gasteiger charge is 2.13. The number of amides is 1. The van der Waals surface area contributed by atoms with Crippen LogP contribution in [-0.4, -0.2) is 59.3 Å². The maximum Gasteiger partial charge on any atom is 0.241 e. The van der Waals surface area contributed by atoms with Crippen molar-refractivity contribution in [3.8, 4) is 0 Å². The lowest BCUT2D eigenvalue weighted by molar-refractivity contribution is -0.121. The quantitative estimate of drug-likeness (QED) is 0.572. The first kappa shape index (κ1) is 16.4. The first-order valence-corrected chi connectivity index (χ1v) is 8.04. The van der Waals surface area contributed by atoms with E-state index < -0.39 is 10.0 Å². The topological polar surface area (TPSA) is 123 Å². The van der Waals surface area contributed by atoms with E-state index in [4.69, 9.17) is 5.73 Å². The number of anilines is 1. The molecule has 114 valence electrons. The van der Waals surface area contributed by atoms with E-state index >= 15 is 0 Å². The SMILES string of the molecule is CCN(CCCNC(=O)Cn1cnc(N)n1)S(C)(=O)=O. The highest BCUT2D eigenvalue weighted by molar-refractivity contribution is 7.88.